The number of fused-ring (bicyclic) bond motifs is 1. The lowest BCUT2D eigenvalue weighted by atomic mass is 10.2. The molecule has 0 aliphatic rings. The highest BCUT2D eigenvalue weighted by Crippen LogP contribution is 2.23. The highest BCUT2D eigenvalue weighted by molar-refractivity contribution is 8.00. The van der Waals surface area contributed by atoms with Crippen LogP contribution >= 0.6 is 23.5 Å². The normalized spacial score (nSPS) is 10.5. The van der Waals surface area contributed by atoms with E-state index in [4.69, 9.17) is 0 Å². The molecule has 1 aromatic heterocycles. The standard InChI is InChI=1S/C16H14N4O2S2/c1-10(21)17-11-5-7-12(8-6-11)23-9-15(22)18-13-3-2-4-14-16(13)20-24-19-14/h2-8H,9H2,1H3,(H,17,21)(H,18,22). The molecule has 3 rings (SSSR count). The number of aromatic nitrogens is 2. The summed E-state index contributed by atoms with van der Waals surface area (Å²) in [6, 6.07) is 12.9. The fourth-order valence-corrected chi connectivity index (χ4v) is 3.33. The number of hydrogen-bond acceptors (Lipinski definition) is 6. The summed E-state index contributed by atoms with van der Waals surface area (Å²) < 4.78 is 8.35. The Morgan fingerprint density at radius 2 is 1.88 bits per heavy atom. The minimum Gasteiger partial charge on any atom is -0.326 e. The van der Waals surface area contributed by atoms with Crippen LogP contribution in [-0.2, 0) is 9.59 Å². The van der Waals surface area contributed by atoms with E-state index in [1.54, 1.807) is 0 Å². The summed E-state index contributed by atoms with van der Waals surface area (Å²) in [5, 5.41) is 5.57. The maximum atomic E-state index is 12.1. The summed E-state index contributed by atoms with van der Waals surface area (Å²) in [4.78, 5) is 24.1. The van der Waals surface area contributed by atoms with Gasteiger partial charge in [-0.3, -0.25) is 9.59 Å². The van der Waals surface area contributed by atoms with Gasteiger partial charge < -0.3 is 10.6 Å². The molecule has 0 fully saturated rings. The number of nitrogens with zero attached hydrogens (tertiary/aromatic N) is 2. The molecule has 0 saturated heterocycles. The Morgan fingerprint density at radius 1 is 1.08 bits per heavy atom. The van der Waals surface area contributed by atoms with Crippen molar-refractivity contribution in [1.29, 1.82) is 0 Å². The van der Waals surface area contributed by atoms with Gasteiger partial charge in [0.15, 0.2) is 0 Å². The second-order valence-electron chi connectivity index (χ2n) is 4.98. The van der Waals surface area contributed by atoms with Gasteiger partial charge in [-0.05, 0) is 36.4 Å². The van der Waals surface area contributed by atoms with Crippen LogP contribution in [0.4, 0.5) is 11.4 Å². The Bertz CT molecular complexity index is 877. The van der Waals surface area contributed by atoms with E-state index in [1.165, 1.54) is 18.7 Å². The van der Waals surface area contributed by atoms with Crippen molar-refractivity contribution in [3.8, 4) is 0 Å². The molecule has 122 valence electrons. The molecule has 0 aliphatic carbocycles. The van der Waals surface area contributed by atoms with Crippen LogP contribution in [0.1, 0.15) is 6.92 Å². The molecule has 0 atom stereocenters. The van der Waals surface area contributed by atoms with Gasteiger partial charge in [0.25, 0.3) is 0 Å². The largest absolute Gasteiger partial charge is 0.326 e. The quantitative estimate of drug-likeness (QED) is 0.683. The lowest BCUT2D eigenvalue weighted by Crippen LogP contribution is -2.14. The third kappa shape index (κ3) is 4.09. The number of carbonyl (C=O) groups is 2. The molecule has 2 aromatic carbocycles. The highest BCUT2D eigenvalue weighted by atomic mass is 32.2. The van der Waals surface area contributed by atoms with Crippen molar-refractivity contribution >= 4 is 57.7 Å². The van der Waals surface area contributed by atoms with Crippen molar-refractivity contribution < 1.29 is 9.59 Å². The van der Waals surface area contributed by atoms with E-state index in [9.17, 15) is 9.59 Å². The number of carbonyl (C=O) groups excluding carboxylic acids is 2. The molecule has 2 N–H and O–H groups in total. The monoisotopic (exact) mass is 358 g/mol. The van der Waals surface area contributed by atoms with Gasteiger partial charge in [0, 0.05) is 17.5 Å². The van der Waals surface area contributed by atoms with Gasteiger partial charge in [0.1, 0.15) is 11.0 Å². The first-order chi connectivity index (χ1) is 11.6. The van der Waals surface area contributed by atoms with E-state index < -0.39 is 0 Å². The average molecular weight is 358 g/mol. The number of hydrogen-bond donors (Lipinski definition) is 2. The van der Waals surface area contributed by atoms with Crippen LogP contribution in [0.3, 0.4) is 0 Å². The fraction of sp³-hybridized carbons (Fsp3) is 0.125. The zero-order valence-corrected chi connectivity index (χ0v) is 14.4. The Morgan fingerprint density at radius 3 is 2.62 bits per heavy atom. The van der Waals surface area contributed by atoms with Crippen molar-refractivity contribution in [1.82, 2.24) is 8.75 Å². The first-order valence-corrected chi connectivity index (χ1v) is 8.85. The van der Waals surface area contributed by atoms with Crippen LogP contribution in [0, 0.1) is 0 Å². The smallest absolute Gasteiger partial charge is 0.234 e. The van der Waals surface area contributed by atoms with Crippen LogP contribution in [0.15, 0.2) is 47.4 Å². The summed E-state index contributed by atoms with van der Waals surface area (Å²) in [5.41, 5.74) is 2.89. The van der Waals surface area contributed by atoms with E-state index in [2.05, 4.69) is 19.4 Å². The summed E-state index contributed by atoms with van der Waals surface area (Å²) in [5.74, 6) is 0.0693. The van der Waals surface area contributed by atoms with Crippen molar-refractivity contribution in [2.75, 3.05) is 16.4 Å². The Kier molecular flexibility index (Phi) is 5.07. The van der Waals surface area contributed by atoms with E-state index in [0.717, 1.165) is 27.8 Å². The lowest BCUT2D eigenvalue weighted by Gasteiger charge is -2.06. The molecule has 2 amide bonds. The molecule has 24 heavy (non-hydrogen) atoms. The Labute approximate surface area is 147 Å². The minimum absolute atomic E-state index is 0.105. The van der Waals surface area contributed by atoms with Crippen molar-refractivity contribution in [2.45, 2.75) is 11.8 Å². The first kappa shape index (κ1) is 16.4. The summed E-state index contributed by atoms with van der Waals surface area (Å²) in [7, 11) is 0. The summed E-state index contributed by atoms with van der Waals surface area (Å²) in [6.07, 6.45) is 0. The highest BCUT2D eigenvalue weighted by Gasteiger charge is 2.09. The fourth-order valence-electron chi connectivity index (χ4n) is 2.08. The molecule has 0 aliphatic heterocycles. The number of thioether (sulfide) groups is 1. The molecule has 0 radical (unpaired) electrons. The maximum absolute atomic E-state index is 12.1. The molecule has 6 nitrogen and oxygen atoms in total. The third-order valence-electron chi connectivity index (χ3n) is 3.10. The lowest BCUT2D eigenvalue weighted by molar-refractivity contribution is -0.114. The van der Waals surface area contributed by atoms with Crippen molar-refractivity contribution in [3.05, 3.63) is 42.5 Å². The molecule has 0 unspecified atom stereocenters. The van der Waals surface area contributed by atoms with Gasteiger partial charge in [0.05, 0.1) is 23.2 Å². The topological polar surface area (TPSA) is 84.0 Å². The average Bonchev–Trinajstić information content (AvgIpc) is 3.03. The van der Waals surface area contributed by atoms with Gasteiger partial charge in [-0.2, -0.15) is 8.75 Å². The molecule has 0 spiro atoms. The van der Waals surface area contributed by atoms with Gasteiger partial charge in [-0.1, -0.05) is 6.07 Å². The summed E-state index contributed by atoms with van der Waals surface area (Å²) >= 11 is 2.55. The SMILES string of the molecule is CC(=O)Nc1ccc(SCC(=O)Nc2cccc3nsnc23)cc1. The van der Waals surface area contributed by atoms with Crippen molar-refractivity contribution in [3.63, 3.8) is 0 Å². The van der Waals surface area contributed by atoms with E-state index >= 15 is 0 Å². The predicted molar refractivity (Wildman–Crippen MR) is 97.5 cm³/mol. The minimum atomic E-state index is -0.111. The maximum Gasteiger partial charge on any atom is 0.234 e. The van der Waals surface area contributed by atoms with Gasteiger partial charge in [-0.25, -0.2) is 0 Å². The molecule has 0 saturated carbocycles. The van der Waals surface area contributed by atoms with Crippen LogP contribution in [-0.4, -0.2) is 26.3 Å². The zero-order valence-electron chi connectivity index (χ0n) is 12.8. The molecular weight excluding hydrogens is 344 g/mol. The number of amides is 2. The molecule has 0 bridgehead atoms. The number of benzene rings is 2. The number of nitrogens with one attached hydrogen (secondary N) is 2. The molecule has 8 heteroatoms. The Balaban J connectivity index is 1.57. The van der Waals surface area contributed by atoms with E-state index in [-0.39, 0.29) is 17.6 Å². The summed E-state index contributed by atoms with van der Waals surface area (Å²) in [6.45, 7) is 1.46. The van der Waals surface area contributed by atoms with Crippen LogP contribution in [0.2, 0.25) is 0 Å². The van der Waals surface area contributed by atoms with Crippen LogP contribution < -0.4 is 10.6 Å². The molecule has 1 heterocycles. The predicted octanol–water partition coefficient (Wildman–Crippen LogP) is 3.38. The number of anilines is 2. The Hall–Kier alpha value is -2.45. The van der Waals surface area contributed by atoms with Gasteiger partial charge in [0.2, 0.25) is 11.8 Å². The molecule has 3 aromatic rings. The number of rotatable bonds is 5. The zero-order chi connectivity index (χ0) is 16.9. The van der Waals surface area contributed by atoms with E-state index in [1.807, 2.05) is 42.5 Å². The second-order valence-corrected chi connectivity index (χ2v) is 6.56. The van der Waals surface area contributed by atoms with Crippen molar-refractivity contribution in [2.24, 2.45) is 0 Å². The molecular formula is C16H14N4O2S2. The van der Waals surface area contributed by atoms with Gasteiger partial charge >= 0.3 is 0 Å². The van der Waals surface area contributed by atoms with Crippen LogP contribution in [0.5, 0.6) is 0 Å². The third-order valence-corrected chi connectivity index (χ3v) is 4.66. The van der Waals surface area contributed by atoms with Gasteiger partial charge in [-0.15, -0.1) is 11.8 Å². The first-order valence-electron chi connectivity index (χ1n) is 7.13. The van der Waals surface area contributed by atoms with E-state index in [0.29, 0.717) is 11.2 Å². The second kappa shape index (κ2) is 7.41. The van der Waals surface area contributed by atoms with Crippen LogP contribution in [0.25, 0.3) is 11.0 Å².